The average Bonchev–Trinajstić information content (AvgIpc) is 2.41. The Morgan fingerprint density at radius 2 is 2.11 bits per heavy atom. The second-order valence-electron chi connectivity index (χ2n) is 4.50. The van der Waals surface area contributed by atoms with Crippen LogP contribution in [0.5, 0.6) is 5.75 Å². The molecule has 1 aromatic carbocycles. The Morgan fingerprint density at radius 1 is 1.44 bits per heavy atom. The van der Waals surface area contributed by atoms with E-state index in [1.165, 1.54) is 6.07 Å². The number of nitrogen functional groups attached to an aromatic ring is 1. The van der Waals surface area contributed by atoms with Crippen molar-refractivity contribution in [2.24, 2.45) is 0 Å². The van der Waals surface area contributed by atoms with Gasteiger partial charge in [0.2, 0.25) is 0 Å². The molecule has 0 bridgehead atoms. The number of anilines is 1. The number of phenolic OH excluding ortho intramolecular Hbond substituents is 1. The van der Waals surface area contributed by atoms with E-state index in [-0.39, 0.29) is 23.4 Å². The fourth-order valence-electron chi connectivity index (χ4n) is 2.15. The summed E-state index contributed by atoms with van der Waals surface area (Å²) in [7, 11) is 1.69. The molecule has 1 amide bonds. The maximum Gasteiger partial charge on any atom is 0.253 e. The molecular weight excluding hydrogens is 232 g/mol. The van der Waals surface area contributed by atoms with E-state index < -0.39 is 0 Å². The molecule has 1 heterocycles. The number of hydrogen-bond acceptors (Lipinski definition) is 4. The van der Waals surface area contributed by atoms with E-state index in [0.29, 0.717) is 18.7 Å². The van der Waals surface area contributed by atoms with Crippen molar-refractivity contribution in [1.82, 2.24) is 4.90 Å². The number of carbonyl (C=O) groups excluding carboxylic acids is 1. The standard InChI is InChI=1S/C13H18N2O3/c1-18-10-4-6-15(7-5-10)13(17)9-2-3-11(14)12(16)8-9/h2-3,8,10,16H,4-7,14H2,1H3. The van der Waals surface area contributed by atoms with Gasteiger partial charge in [-0.2, -0.15) is 0 Å². The minimum absolute atomic E-state index is 0.0485. The minimum Gasteiger partial charge on any atom is -0.506 e. The first-order chi connectivity index (χ1) is 8.61. The summed E-state index contributed by atoms with van der Waals surface area (Å²) in [6.45, 7) is 1.37. The quantitative estimate of drug-likeness (QED) is 0.611. The third kappa shape index (κ3) is 2.56. The van der Waals surface area contributed by atoms with Crippen molar-refractivity contribution in [2.75, 3.05) is 25.9 Å². The summed E-state index contributed by atoms with van der Waals surface area (Å²) in [6, 6.07) is 4.60. The van der Waals surface area contributed by atoms with Crippen LogP contribution < -0.4 is 5.73 Å². The van der Waals surface area contributed by atoms with Crippen LogP contribution in [0.1, 0.15) is 23.2 Å². The minimum atomic E-state index is -0.0696. The normalized spacial score (nSPS) is 16.8. The van der Waals surface area contributed by atoms with Crippen LogP contribution in [-0.4, -0.2) is 42.2 Å². The number of piperidine rings is 1. The number of phenols is 1. The summed E-state index contributed by atoms with van der Waals surface area (Å²) < 4.78 is 5.27. The largest absolute Gasteiger partial charge is 0.506 e. The van der Waals surface area contributed by atoms with Crippen LogP contribution in [0.25, 0.3) is 0 Å². The summed E-state index contributed by atoms with van der Waals surface area (Å²) >= 11 is 0. The van der Waals surface area contributed by atoms with Crippen LogP contribution in [0.2, 0.25) is 0 Å². The van der Waals surface area contributed by atoms with Crippen molar-refractivity contribution < 1.29 is 14.6 Å². The first kappa shape index (κ1) is 12.7. The van der Waals surface area contributed by atoms with E-state index in [1.807, 2.05) is 0 Å². The smallest absolute Gasteiger partial charge is 0.253 e. The maximum absolute atomic E-state index is 12.2. The highest BCUT2D eigenvalue weighted by molar-refractivity contribution is 5.95. The molecule has 0 unspecified atom stereocenters. The Morgan fingerprint density at radius 3 is 2.67 bits per heavy atom. The highest BCUT2D eigenvalue weighted by Gasteiger charge is 2.23. The monoisotopic (exact) mass is 250 g/mol. The molecule has 1 fully saturated rings. The maximum atomic E-state index is 12.2. The fraction of sp³-hybridized carbons (Fsp3) is 0.462. The topological polar surface area (TPSA) is 75.8 Å². The molecule has 1 aromatic rings. The number of benzene rings is 1. The van der Waals surface area contributed by atoms with Crippen molar-refractivity contribution in [1.29, 1.82) is 0 Å². The van der Waals surface area contributed by atoms with E-state index in [9.17, 15) is 9.90 Å². The van der Waals surface area contributed by atoms with E-state index >= 15 is 0 Å². The van der Waals surface area contributed by atoms with Gasteiger partial charge in [0, 0.05) is 25.8 Å². The fourth-order valence-corrected chi connectivity index (χ4v) is 2.15. The van der Waals surface area contributed by atoms with Crippen molar-refractivity contribution in [3.8, 4) is 5.75 Å². The van der Waals surface area contributed by atoms with E-state index in [0.717, 1.165) is 12.8 Å². The van der Waals surface area contributed by atoms with Gasteiger partial charge in [0.25, 0.3) is 5.91 Å². The number of methoxy groups -OCH3 is 1. The number of rotatable bonds is 2. The van der Waals surface area contributed by atoms with Crippen LogP contribution in [0.4, 0.5) is 5.69 Å². The molecule has 18 heavy (non-hydrogen) atoms. The lowest BCUT2D eigenvalue weighted by Crippen LogP contribution is -2.40. The Balaban J connectivity index is 2.05. The zero-order valence-electron chi connectivity index (χ0n) is 10.4. The van der Waals surface area contributed by atoms with Crippen molar-refractivity contribution in [3.63, 3.8) is 0 Å². The lowest BCUT2D eigenvalue weighted by atomic mass is 10.1. The number of nitrogens with zero attached hydrogens (tertiary/aromatic N) is 1. The molecule has 0 radical (unpaired) electrons. The first-order valence-corrected chi connectivity index (χ1v) is 6.02. The zero-order chi connectivity index (χ0) is 13.1. The zero-order valence-corrected chi connectivity index (χ0v) is 10.4. The second kappa shape index (κ2) is 5.27. The number of ether oxygens (including phenoxy) is 1. The number of carbonyl (C=O) groups is 1. The SMILES string of the molecule is COC1CCN(C(=O)c2ccc(N)c(O)c2)CC1. The highest BCUT2D eigenvalue weighted by atomic mass is 16.5. The van der Waals surface area contributed by atoms with Crippen molar-refractivity contribution in [3.05, 3.63) is 23.8 Å². The Bertz CT molecular complexity index is 440. The van der Waals surface area contributed by atoms with Gasteiger partial charge >= 0.3 is 0 Å². The molecule has 0 aliphatic carbocycles. The number of aromatic hydroxyl groups is 1. The molecule has 98 valence electrons. The van der Waals surface area contributed by atoms with Crippen molar-refractivity contribution in [2.45, 2.75) is 18.9 Å². The summed E-state index contributed by atoms with van der Waals surface area (Å²) in [6.07, 6.45) is 1.95. The van der Waals surface area contributed by atoms with Crippen molar-refractivity contribution >= 4 is 11.6 Å². The molecule has 1 aliphatic rings. The number of amides is 1. The van der Waals surface area contributed by atoms with Crippen LogP contribution in [0.15, 0.2) is 18.2 Å². The number of nitrogens with two attached hydrogens (primary N) is 1. The van der Waals surface area contributed by atoms with Gasteiger partial charge in [0.15, 0.2) is 0 Å². The molecule has 1 saturated heterocycles. The number of hydrogen-bond donors (Lipinski definition) is 2. The Hall–Kier alpha value is -1.75. The van der Waals surface area contributed by atoms with Gasteiger partial charge in [-0.3, -0.25) is 4.79 Å². The third-order valence-electron chi connectivity index (χ3n) is 3.34. The molecule has 1 aliphatic heterocycles. The molecule has 3 N–H and O–H groups in total. The predicted octanol–water partition coefficient (Wildman–Crippen LogP) is 1.23. The van der Waals surface area contributed by atoms with E-state index in [1.54, 1.807) is 24.1 Å². The molecule has 0 spiro atoms. The van der Waals surface area contributed by atoms with Gasteiger partial charge in [0.05, 0.1) is 11.8 Å². The highest BCUT2D eigenvalue weighted by Crippen LogP contribution is 2.23. The Kier molecular flexibility index (Phi) is 3.72. The van der Waals surface area contributed by atoms with Gasteiger partial charge < -0.3 is 20.5 Å². The molecular formula is C13H18N2O3. The van der Waals surface area contributed by atoms with Gasteiger partial charge in [-0.25, -0.2) is 0 Å². The predicted molar refractivity (Wildman–Crippen MR) is 68.5 cm³/mol. The van der Waals surface area contributed by atoms with Crippen LogP contribution in [0.3, 0.4) is 0 Å². The first-order valence-electron chi connectivity index (χ1n) is 6.02. The molecule has 0 saturated carbocycles. The summed E-state index contributed by atoms with van der Waals surface area (Å²) in [5.41, 5.74) is 6.26. The Labute approximate surface area is 106 Å². The summed E-state index contributed by atoms with van der Waals surface area (Å²) in [5.74, 6) is -0.118. The summed E-state index contributed by atoms with van der Waals surface area (Å²) in [4.78, 5) is 14.0. The molecule has 0 aromatic heterocycles. The van der Waals surface area contributed by atoms with Crippen LogP contribution in [-0.2, 0) is 4.74 Å². The van der Waals surface area contributed by atoms with Gasteiger partial charge in [-0.05, 0) is 31.0 Å². The molecule has 2 rings (SSSR count). The summed E-state index contributed by atoms with van der Waals surface area (Å²) in [5, 5.41) is 9.51. The lowest BCUT2D eigenvalue weighted by Gasteiger charge is -2.31. The van der Waals surface area contributed by atoms with Gasteiger partial charge in [-0.15, -0.1) is 0 Å². The van der Waals surface area contributed by atoms with E-state index in [2.05, 4.69) is 0 Å². The van der Waals surface area contributed by atoms with Gasteiger partial charge in [-0.1, -0.05) is 0 Å². The van der Waals surface area contributed by atoms with E-state index in [4.69, 9.17) is 10.5 Å². The molecule has 5 nitrogen and oxygen atoms in total. The lowest BCUT2D eigenvalue weighted by molar-refractivity contribution is 0.0350. The molecule has 5 heteroatoms. The molecule has 0 atom stereocenters. The van der Waals surface area contributed by atoms with Crippen LogP contribution >= 0.6 is 0 Å². The third-order valence-corrected chi connectivity index (χ3v) is 3.34. The average molecular weight is 250 g/mol. The number of likely N-dealkylation sites (tertiary alicyclic amines) is 1. The second-order valence-corrected chi connectivity index (χ2v) is 4.50. The van der Waals surface area contributed by atoms with Crippen LogP contribution in [0, 0.1) is 0 Å². The van der Waals surface area contributed by atoms with Gasteiger partial charge in [0.1, 0.15) is 5.75 Å².